The molecule has 0 bridgehead atoms. The predicted octanol–water partition coefficient (Wildman–Crippen LogP) is 1.39. The standard InChI is InChI=1S/C10H11F3N6/c11-10(12,13)7-5-8(14)17-9(6-7)15-1-3-19-4-2-16-18-19/h2,4-6H,1,3H2,(H3,14,15,17). The van der Waals surface area contributed by atoms with Crippen molar-refractivity contribution in [2.75, 3.05) is 17.6 Å². The Morgan fingerprint density at radius 3 is 2.74 bits per heavy atom. The summed E-state index contributed by atoms with van der Waals surface area (Å²) >= 11 is 0. The van der Waals surface area contributed by atoms with Crippen molar-refractivity contribution in [1.29, 1.82) is 0 Å². The second-order valence-electron chi connectivity index (χ2n) is 3.76. The third kappa shape index (κ3) is 3.57. The molecule has 0 unspecified atom stereocenters. The predicted molar refractivity (Wildman–Crippen MR) is 62.2 cm³/mol. The van der Waals surface area contributed by atoms with Gasteiger partial charge in [-0.05, 0) is 12.1 Å². The van der Waals surface area contributed by atoms with Crippen LogP contribution in [0.4, 0.5) is 24.8 Å². The first-order valence-corrected chi connectivity index (χ1v) is 5.38. The van der Waals surface area contributed by atoms with Gasteiger partial charge in [0.1, 0.15) is 11.6 Å². The number of nitrogens with one attached hydrogen (secondary N) is 1. The van der Waals surface area contributed by atoms with Crippen molar-refractivity contribution in [3.63, 3.8) is 0 Å². The lowest BCUT2D eigenvalue weighted by Crippen LogP contribution is -2.14. The maximum atomic E-state index is 12.6. The number of nitrogen functional groups attached to an aromatic ring is 1. The summed E-state index contributed by atoms with van der Waals surface area (Å²) in [4.78, 5) is 3.79. The normalized spacial score (nSPS) is 11.5. The summed E-state index contributed by atoms with van der Waals surface area (Å²) in [5, 5.41) is 10.1. The van der Waals surface area contributed by atoms with Gasteiger partial charge >= 0.3 is 6.18 Å². The second kappa shape index (κ2) is 5.12. The van der Waals surface area contributed by atoms with Crippen LogP contribution in [0.1, 0.15) is 5.56 Å². The first kappa shape index (κ1) is 13.1. The second-order valence-corrected chi connectivity index (χ2v) is 3.76. The fourth-order valence-corrected chi connectivity index (χ4v) is 1.46. The maximum Gasteiger partial charge on any atom is 0.416 e. The zero-order valence-corrected chi connectivity index (χ0v) is 9.72. The summed E-state index contributed by atoms with van der Waals surface area (Å²) in [6, 6.07) is 1.71. The van der Waals surface area contributed by atoms with Crippen molar-refractivity contribution in [3.8, 4) is 0 Å². The molecule has 102 valence electrons. The molecule has 2 rings (SSSR count). The highest BCUT2D eigenvalue weighted by Gasteiger charge is 2.31. The van der Waals surface area contributed by atoms with E-state index in [0.717, 1.165) is 12.1 Å². The Hall–Kier alpha value is -2.32. The molecule has 2 heterocycles. The lowest BCUT2D eigenvalue weighted by Gasteiger charge is -2.11. The van der Waals surface area contributed by atoms with Gasteiger partial charge < -0.3 is 11.1 Å². The average Bonchev–Trinajstić information content (AvgIpc) is 2.80. The summed E-state index contributed by atoms with van der Waals surface area (Å²) in [7, 11) is 0. The molecule has 0 radical (unpaired) electrons. The van der Waals surface area contributed by atoms with Crippen molar-refractivity contribution < 1.29 is 13.2 Å². The third-order valence-corrected chi connectivity index (χ3v) is 2.29. The molecule has 6 nitrogen and oxygen atoms in total. The molecule has 0 amide bonds. The molecule has 0 fully saturated rings. The van der Waals surface area contributed by atoms with Gasteiger partial charge in [0.2, 0.25) is 0 Å². The number of anilines is 2. The highest BCUT2D eigenvalue weighted by molar-refractivity contribution is 5.47. The highest BCUT2D eigenvalue weighted by atomic mass is 19.4. The largest absolute Gasteiger partial charge is 0.416 e. The Kier molecular flexibility index (Phi) is 3.54. The molecule has 0 saturated carbocycles. The van der Waals surface area contributed by atoms with Gasteiger partial charge in [-0.1, -0.05) is 5.21 Å². The molecule has 2 aromatic rings. The summed E-state index contributed by atoms with van der Waals surface area (Å²) in [5.74, 6) is -0.106. The molecule has 9 heteroatoms. The van der Waals surface area contributed by atoms with Gasteiger partial charge in [-0.3, -0.25) is 4.68 Å². The third-order valence-electron chi connectivity index (χ3n) is 2.29. The molecule has 0 aliphatic rings. The van der Waals surface area contributed by atoms with E-state index in [1.54, 1.807) is 10.9 Å². The van der Waals surface area contributed by atoms with Gasteiger partial charge in [-0.15, -0.1) is 5.10 Å². The number of pyridine rings is 1. The van der Waals surface area contributed by atoms with E-state index < -0.39 is 11.7 Å². The minimum absolute atomic E-state index is 0.0763. The highest BCUT2D eigenvalue weighted by Crippen LogP contribution is 2.31. The van der Waals surface area contributed by atoms with Gasteiger partial charge in [-0.25, -0.2) is 4.98 Å². The Morgan fingerprint density at radius 1 is 1.32 bits per heavy atom. The van der Waals surface area contributed by atoms with Crippen LogP contribution in [-0.4, -0.2) is 26.5 Å². The van der Waals surface area contributed by atoms with E-state index in [1.807, 2.05) is 0 Å². The quantitative estimate of drug-likeness (QED) is 0.878. The monoisotopic (exact) mass is 272 g/mol. The topological polar surface area (TPSA) is 81.6 Å². The van der Waals surface area contributed by atoms with Gasteiger partial charge in [0, 0.05) is 12.7 Å². The molecule has 3 N–H and O–H groups in total. The van der Waals surface area contributed by atoms with Crippen LogP contribution in [0.15, 0.2) is 24.5 Å². The lowest BCUT2D eigenvalue weighted by atomic mass is 10.2. The van der Waals surface area contributed by atoms with Gasteiger partial charge in [0.25, 0.3) is 0 Å². The van der Waals surface area contributed by atoms with Crippen LogP contribution in [0.2, 0.25) is 0 Å². The number of aromatic nitrogens is 4. The van der Waals surface area contributed by atoms with E-state index in [0.29, 0.717) is 13.1 Å². The van der Waals surface area contributed by atoms with Gasteiger partial charge in [0.05, 0.1) is 18.3 Å². The van der Waals surface area contributed by atoms with Crippen LogP contribution < -0.4 is 11.1 Å². The summed E-state index contributed by atoms with van der Waals surface area (Å²) in [6.45, 7) is 0.814. The molecule has 0 aromatic carbocycles. The average molecular weight is 272 g/mol. The van der Waals surface area contributed by atoms with E-state index in [-0.39, 0.29) is 11.6 Å². The van der Waals surface area contributed by atoms with Crippen LogP contribution in [0.5, 0.6) is 0 Å². The van der Waals surface area contributed by atoms with E-state index in [9.17, 15) is 13.2 Å². The fraction of sp³-hybridized carbons (Fsp3) is 0.300. The van der Waals surface area contributed by atoms with E-state index >= 15 is 0 Å². The molecule has 0 saturated heterocycles. The number of rotatable bonds is 4. The maximum absolute atomic E-state index is 12.6. The van der Waals surface area contributed by atoms with Crippen molar-refractivity contribution in [2.24, 2.45) is 0 Å². The number of nitrogens with two attached hydrogens (primary N) is 1. The van der Waals surface area contributed by atoms with Crippen LogP contribution in [0.3, 0.4) is 0 Å². The Bertz CT molecular complexity index is 537. The number of halogens is 3. The minimum Gasteiger partial charge on any atom is -0.384 e. The SMILES string of the molecule is Nc1cc(C(F)(F)F)cc(NCCn2ccnn2)n1. The number of nitrogens with zero attached hydrogens (tertiary/aromatic N) is 4. The summed E-state index contributed by atoms with van der Waals surface area (Å²) in [6.07, 6.45) is -1.28. The summed E-state index contributed by atoms with van der Waals surface area (Å²) in [5.41, 5.74) is 4.51. The van der Waals surface area contributed by atoms with Crippen LogP contribution in [-0.2, 0) is 12.7 Å². The molecular weight excluding hydrogens is 261 g/mol. The Morgan fingerprint density at radius 2 is 2.11 bits per heavy atom. The molecule has 0 atom stereocenters. The molecule has 0 aliphatic carbocycles. The lowest BCUT2D eigenvalue weighted by molar-refractivity contribution is -0.137. The van der Waals surface area contributed by atoms with E-state index in [1.165, 1.54) is 6.20 Å². The van der Waals surface area contributed by atoms with Crippen molar-refractivity contribution >= 4 is 11.6 Å². The first-order chi connectivity index (χ1) is 8.95. The number of hydrogen-bond acceptors (Lipinski definition) is 5. The number of hydrogen-bond donors (Lipinski definition) is 2. The molecular formula is C10H11F3N6. The minimum atomic E-state index is -4.45. The van der Waals surface area contributed by atoms with Crippen LogP contribution >= 0.6 is 0 Å². The van der Waals surface area contributed by atoms with E-state index in [2.05, 4.69) is 20.6 Å². The van der Waals surface area contributed by atoms with Crippen molar-refractivity contribution in [2.45, 2.75) is 12.7 Å². The fourth-order valence-electron chi connectivity index (χ4n) is 1.46. The van der Waals surface area contributed by atoms with Crippen LogP contribution in [0.25, 0.3) is 0 Å². The number of alkyl halides is 3. The molecule has 19 heavy (non-hydrogen) atoms. The molecule has 0 aliphatic heterocycles. The van der Waals surface area contributed by atoms with Gasteiger partial charge in [0.15, 0.2) is 0 Å². The van der Waals surface area contributed by atoms with Crippen LogP contribution in [0, 0.1) is 0 Å². The first-order valence-electron chi connectivity index (χ1n) is 5.38. The molecule has 0 spiro atoms. The Balaban J connectivity index is 2.02. The van der Waals surface area contributed by atoms with E-state index in [4.69, 9.17) is 5.73 Å². The van der Waals surface area contributed by atoms with Crippen molar-refractivity contribution in [1.82, 2.24) is 20.0 Å². The van der Waals surface area contributed by atoms with Gasteiger partial charge in [-0.2, -0.15) is 13.2 Å². The zero-order valence-electron chi connectivity index (χ0n) is 9.72. The summed E-state index contributed by atoms with van der Waals surface area (Å²) < 4.78 is 39.2. The zero-order chi connectivity index (χ0) is 13.9. The van der Waals surface area contributed by atoms with Crippen molar-refractivity contribution in [3.05, 3.63) is 30.1 Å². The smallest absolute Gasteiger partial charge is 0.384 e. The molecule has 2 aromatic heterocycles. The Labute approximate surface area is 106 Å².